The number of rotatable bonds is 6. The van der Waals surface area contributed by atoms with Gasteiger partial charge in [-0.05, 0) is 25.5 Å². The number of nitrogens with one attached hydrogen (secondary N) is 2. The molecular formula is C18H28F3N5. The number of anilines is 1. The van der Waals surface area contributed by atoms with E-state index in [1.165, 1.54) is 4.90 Å². The quantitative estimate of drug-likeness (QED) is 0.595. The zero-order valence-electron chi connectivity index (χ0n) is 15.6. The summed E-state index contributed by atoms with van der Waals surface area (Å²) in [5, 5.41) is 6.49. The van der Waals surface area contributed by atoms with Gasteiger partial charge in [-0.15, -0.1) is 0 Å². The minimum Gasteiger partial charge on any atom is -0.370 e. The van der Waals surface area contributed by atoms with Gasteiger partial charge in [0.2, 0.25) is 0 Å². The smallest absolute Gasteiger partial charge is 0.370 e. The second kappa shape index (κ2) is 9.12. The Morgan fingerprint density at radius 3 is 2.65 bits per heavy atom. The molecule has 2 atom stereocenters. The molecule has 1 aliphatic heterocycles. The van der Waals surface area contributed by atoms with E-state index in [0.29, 0.717) is 32.0 Å². The number of aliphatic imine (C=N–C) groups is 1. The standard InChI is InChI=1S/C18H28F3N5/c1-14(25(3)16-7-5-4-6-8-16)11-23-17(22-2)24-15-9-10-26(12-15)13-18(19,20)21/h4-8,14-15H,9-13H2,1-3H3,(H2,22,23,24). The maximum Gasteiger partial charge on any atom is 0.401 e. The molecular weight excluding hydrogens is 343 g/mol. The van der Waals surface area contributed by atoms with Crippen LogP contribution in [0.2, 0.25) is 0 Å². The molecule has 1 aromatic carbocycles. The number of hydrogen-bond donors (Lipinski definition) is 2. The van der Waals surface area contributed by atoms with Crippen molar-refractivity contribution in [3.05, 3.63) is 30.3 Å². The van der Waals surface area contributed by atoms with Gasteiger partial charge in [-0.1, -0.05) is 18.2 Å². The van der Waals surface area contributed by atoms with Crippen LogP contribution in [0.4, 0.5) is 18.9 Å². The first-order valence-electron chi connectivity index (χ1n) is 8.82. The van der Waals surface area contributed by atoms with Gasteiger partial charge in [-0.3, -0.25) is 9.89 Å². The maximum absolute atomic E-state index is 12.5. The summed E-state index contributed by atoms with van der Waals surface area (Å²) >= 11 is 0. The van der Waals surface area contributed by atoms with Crippen LogP contribution < -0.4 is 15.5 Å². The summed E-state index contributed by atoms with van der Waals surface area (Å²) in [4.78, 5) is 7.79. The summed E-state index contributed by atoms with van der Waals surface area (Å²) in [6, 6.07) is 10.3. The molecule has 1 heterocycles. The molecule has 2 unspecified atom stereocenters. The fourth-order valence-corrected chi connectivity index (χ4v) is 3.03. The van der Waals surface area contributed by atoms with Crippen molar-refractivity contribution >= 4 is 11.6 Å². The summed E-state index contributed by atoms with van der Waals surface area (Å²) in [6.07, 6.45) is -3.47. The first kappa shape index (κ1) is 20.4. The number of likely N-dealkylation sites (tertiary alicyclic amines) is 1. The van der Waals surface area contributed by atoms with E-state index in [-0.39, 0.29) is 12.1 Å². The van der Waals surface area contributed by atoms with E-state index in [2.05, 4.69) is 39.6 Å². The third-order valence-electron chi connectivity index (χ3n) is 4.63. The van der Waals surface area contributed by atoms with Gasteiger partial charge in [0.1, 0.15) is 0 Å². The Balaban J connectivity index is 1.78. The molecule has 1 saturated heterocycles. The molecule has 26 heavy (non-hydrogen) atoms. The van der Waals surface area contributed by atoms with E-state index in [9.17, 15) is 13.2 Å². The molecule has 1 fully saturated rings. The first-order valence-corrected chi connectivity index (χ1v) is 8.82. The average Bonchev–Trinajstić information content (AvgIpc) is 3.03. The van der Waals surface area contributed by atoms with Crippen LogP contribution in [0.1, 0.15) is 13.3 Å². The van der Waals surface area contributed by atoms with E-state index in [1.54, 1.807) is 7.05 Å². The predicted octanol–water partition coefficient (Wildman–Crippen LogP) is 2.31. The molecule has 0 aliphatic carbocycles. The summed E-state index contributed by atoms with van der Waals surface area (Å²) in [5.74, 6) is 0.622. The number of nitrogens with zero attached hydrogens (tertiary/aromatic N) is 3. The number of halogens is 3. The van der Waals surface area contributed by atoms with Crippen molar-refractivity contribution in [1.29, 1.82) is 0 Å². The van der Waals surface area contributed by atoms with Crippen LogP contribution in [0.3, 0.4) is 0 Å². The van der Waals surface area contributed by atoms with Gasteiger partial charge in [-0.25, -0.2) is 0 Å². The highest BCUT2D eigenvalue weighted by Crippen LogP contribution is 2.20. The molecule has 5 nitrogen and oxygen atoms in total. The molecule has 2 N–H and O–H groups in total. The van der Waals surface area contributed by atoms with E-state index in [4.69, 9.17) is 0 Å². The highest BCUT2D eigenvalue weighted by atomic mass is 19.4. The lowest BCUT2D eigenvalue weighted by Crippen LogP contribution is -2.48. The molecule has 0 amide bonds. The molecule has 8 heteroatoms. The zero-order chi connectivity index (χ0) is 19.2. The number of guanidine groups is 1. The van der Waals surface area contributed by atoms with Crippen molar-refractivity contribution in [2.45, 2.75) is 31.6 Å². The molecule has 0 bridgehead atoms. The van der Waals surface area contributed by atoms with Crippen molar-refractivity contribution in [2.75, 3.05) is 45.2 Å². The summed E-state index contributed by atoms with van der Waals surface area (Å²) in [7, 11) is 3.70. The van der Waals surface area contributed by atoms with E-state index in [0.717, 1.165) is 5.69 Å². The summed E-state index contributed by atoms with van der Waals surface area (Å²) < 4.78 is 37.5. The second-order valence-corrected chi connectivity index (χ2v) is 6.73. The van der Waals surface area contributed by atoms with Crippen LogP contribution in [-0.4, -0.2) is 69.4 Å². The number of alkyl halides is 3. The lowest BCUT2D eigenvalue weighted by atomic mass is 10.2. The summed E-state index contributed by atoms with van der Waals surface area (Å²) in [5.41, 5.74) is 1.13. The Bertz CT molecular complexity index is 576. The van der Waals surface area contributed by atoms with Gasteiger partial charge in [0.05, 0.1) is 6.54 Å². The van der Waals surface area contributed by atoms with Crippen molar-refractivity contribution in [1.82, 2.24) is 15.5 Å². The minimum atomic E-state index is -4.15. The van der Waals surface area contributed by atoms with Crippen LogP contribution in [0.15, 0.2) is 35.3 Å². The third kappa shape index (κ3) is 6.40. The molecule has 146 valence electrons. The molecule has 0 saturated carbocycles. The number of para-hydroxylation sites is 1. The normalized spacial score (nSPS) is 20.1. The fraction of sp³-hybridized carbons (Fsp3) is 0.611. The Kier molecular flexibility index (Phi) is 7.14. The Hall–Kier alpha value is -1.96. The molecule has 0 aromatic heterocycles. The van der Waals surface area contributed by atoms with Gasteiger partial charge in [-0.2, -0.15) is 13.2 Å². The minimum absolute atomic E-state index is 0.0225. The van der Waals surface area contributed by atoms with Crippen LogP contribution >= 0.6 is 0 Å². The van der Waals surface area contributed by atoms with Gasteiger partial charge in [0.15, 0.2) is 5.96 Å². The van der Waals surface area contributed by atoms with Gasteiger partial charge in [0.25, 0.3) is 0 Å². The Morgan fingerprint density at radius 2 is 2.04 bits per heavy atom. The van der Waals surface area contributed by atoms with Crippen LogP contribution in [-0.2, 0) is 0 Å². The first-order chi connectivity index (χ1) is 12.3. The monoisotopic (exact) mass is 371 g/mol. The lowest BCUT2D eigenvalue weighted by Gasteiger charge is -2.28. The van der Waals surface area contributed by atoms with Crippen molar-refractivity contribution in [3.63, 3.8) is 0 Å². The topological polar surface area (TPSA) is 42.9 Å². The third-order valence-corrected chi connectivity index (χ3v) is 4.63. The van der Waals surface area contributed by atoms with Crippen LogP contribution in [0.25, 0.3) is 0 Å². The van der Waals surface area contributed by atoms with Crippen LogP contribution in [0.5, 0.6) is 0 Å². The van der Waals surface area contributed by atoms with Gasteiger partial charge in [0, 0.05) is 51.5 Å². The van der Waals surface area contributed by atoms with E-state index < -0.39 is 12.7 Å². The highest BCUT2D eigenvalue weighted by molar-refractivity contribution is 5.80. The number of likely N-dealkylation sites (N-methyl/N-ethyl adjacent to an activating group) is 1. The van der Waals surface area contributed by atoms with Crippen molar-refractivity contribution < 1.29 is 13.2 Å². The molecule has 1 aromatic rings. The number of hydrogen-bond acceptors (Lipinski definition) is 3. The fourth-order valence-electron chi connectivity index (χ4n) is 3.03. The predicted molar refractivity (Wildman–Crippen MR) is 99.7 cm³/mol. The highest BCUT2D eigenvalue weighted by Gasteiger charge is 2.34. The molecule has 0 spiro atoms. The zero-order valence-corrected chi connectivity index (χ0v) is 15.6. The van der Waals surface area contributed by atoms with Crippen LogP contribution in [0, 0.1) is 0 Å². The maximum atomic E-state index is 12.5. The largest absolute Gasteiger partial charge is 0.401 e. The van der Waals surface area contributed by atoms with Crippen molar-refractivity contribution in [3.8, 4) is 0 Å². The Labute approximate surface area is 153 Å². The van der Waals surface area contributed by atoms with Gasteiger partial charge < -0.3 is 15.5 Å². The van der Waals surface area contributed by atoms with E-state index in [1.807, 2.05) is 25.2 Å². The Morgan fingerprint density at radius 1 is 1.35 bits per heavy atom. The van der Waals surface area contributed by atoms with E-state index >= 15 is 0 Å². The average molecular weight is 371 g/mol. The molecule has 1 aliphatic rings. The lowest BCUT2D eigenvalue weighted by molar-refractivity contribution is -0.143. The summed E-state index contributed by atoms with van der Waals surface area (Å²) in [6.45, 7) is 2.75. The van der Waals surface area contributed by atoms with Gasteiger partial charge >= 0.3 is 6.18 Å². The van der Waals surface area contributed by atoms with Crippen molar-refractivity contribution in [2.24, 2.45) is 4.99 Å². The second-order valence-electron chi connectivity index (χ2n) is 6.73. The SMILES string of the molecule is CN=C(NCC(C)N(C)c1ccccc1)NC1CCN(CC(F)(F)F)C1. The molecule has 2 rings (SSSR count). The number of benzene rings is 1. The molecule has 0 radical (unpaired) electrons.